The molecule has 1 aliphatic heterocycles. The Labute approximate surface area is 118 Å². The first-order valence-electron chi connectivity index (χ1n) is 5.88. The summed E-state index contributed by atoms with van der Waals surface area (Å²) in [4.78, 5) is 16.3. The van der Waals surface area contributed by atoms with Crippen LogP contribution in [-0.4, -0.2) is 17.5 Å². The maximum atomic E-state index is 12.0. The van der Waals surface area contributed by atoms with Gasteiger partial charge in [-0.25, -0.2) is 0 Å². The summed E-state index contributed by atoms with van der Waals surface area (Å²) in [5, 5.41) is 2.91. The second-order valence-electron chi connectivity index (χ2n) is 4.15. The number of hydrogen-bond acceptors (Lipinski definition) is 4. The predicted molar refractivity (Wildman–Crippen MR) is 71.0 cm³/mol. The first kappa shape index (κ1) is 12.2. The van der Waals surface area contributed by atoms with Crippen molar-refractivity contribution in [3.8, 4) is 5.75 Å². The molecular weight excluding hydrogens is 312 g/mol. The van der Waals surface area contributed by atoms with Gasteiger partial charge in [0.15, 0.2) is 10.4 Å². The molecular formula is C13H11BrN2O3. The quantitative estimate of drug-likeness (QED) is 0.923. The van der Waals surface area contributed by atoms with Gasteiger partial charge in [-0.3, -0.25) is 9.78 Å². The fourth-order valence-electron chi connectivity index (χ4n) is 2.02. The maximum absolute atomic E-state index is 12.0. The Kier molecular flexibility index (Phi) is 3.25. The highest BCUT2D eigenvalue weighted by molar-refractivity contribution is 9.10. The van der Waals surface area contributed by atoms with Crippen LogP contribution in [0.3, 0.4) is 0 Å². The van der Waals surface area contributed by atoms with Crippen LogP contribution in [0.5, 0.6) is 5.75 Å². The van der Waals surface area contributed by atoms with Gasteiger partial charge < -0.3 is 14.5 Å². The van der Waals surface area contributed by atoms with E-state index in [1.165, 1.54) is 0 Å². The Hall–Kier alpha value is -1.82. The van der Waals surface area contributed by atoms with E-state index in [0.717, 1.165) is 11.4 Å². The fourth-order valence-corrected chi connectivity index (χ4v) is 2.32. The molecule has 0 aliphatic carbocycles. The van der Waals surface area contributed by atoms with E-state index in [-0.39, 0.29) is 17.7 Å². The molecule has 3 rings (SSSR count). The van der Waals surface area contributed by atoms with Gasteiger partial charge in [-0.1, -0.05) is 0 Å². The number of nitrogens with zero attached hydrogens (tertiary/aromatic N) is 1. The lowest BCUT2D eigenvalue weighted by molar-refractivity contribution is 0.0893. The van der Waals surface area contributed by atoms with E-state index in [4.69, 9.17) is 9.15 Å². The summed E-state index contributed by atoms with van der Waals surface area (Å²) in [7, 11) is 0. The van der Waals surface area contributed by atoms with Crippen molar-refractivity contribution in [1.82, 2.24) is 10.3 Å². The molecule has 0 radical (unpaired) electrons. The van der Waals surface area contributed by atoms with Gasteiger partial charge in [0.1, 0.15) is 11.4 Å². The number of furan rings is 1. The van der Waals surface area contributed by atoms with Crippen molar-refractivity contribution in [3.05, 3.63) is 46.6 Å². The largest absolute Gasteiger partial charge is 0.491 e. The standard InChI is InChI=1S/C13H11BrN2O3/c14-11-4-3-10(19-11)13(17)16-8-5-7-18-9-2-1-6-15-12(8)9/h1-4,6,8H,5,7H2,(H,16,17). The molecule has 1 amide bonds. The fraction of sp³-hybridized carbons (Fsp3) is 0.231. The van der Waals surface area contributed by atoms with Crippen LogP contribution in [0.2, 0.25) is 0 Å². The number of carbonyl (C=O) groups excluding carboxylic acids is 1. The second-order valence-corrected chi connectivity index (χ2v) is 4.94. The number of ether oxygens (including phenoxy) is 1. The number of halogens is 1. The lowest BCUT2D eigenvalue weighted by atomic mass is 10.1. The van der Waals surface area contributed by atoms with E-state index in [1.54, 1.807) is 18.3 Å². The molecule has 2 aromatic rings. The summed E-state index contributed by atoms with van der Waals surface area (Å²) in [5.74, 6) is 0.740. The van der Waals surface area contributed by atoms with Crippen LogP contribution in [0.15, 0.2) is 39.5 Å². The van der Waals surface area contributed by atoms with E-state index < -0.39 is 0 Å². The minimum absolute atomic E-state index is 0.152. The Balaban J connectivity index is 1.79. The van der Waals surface area contributed by atoms with Crippen LogP contribution in [0, 0.1) is 0 Å². The van der Waals surface area contributed by atoms with Crippen molar-refractivity contribution in [3.63, 3.8) is 0 Å². The highest BCUT2D eigenvalue weighted by Crippen LogP contribution is 2.29. The molecule has 1 unspecified atom stereocenters. The van der Waals surface area contributed by atoms with Crippen molar-refractivity contribution in [2.24, 2.45) is 0 Å². The predicted octanol–water partition coefficient (Wildman–Crippen LogP) is 2.69. The minimum atomic E-state index is -0.255. The van der Waals surface area contributed by atoms with Crippen LogP contribution in [0.4, 0.5) is 0 Å². The second kappa shape index (κ2) is 5.05. The van der Waals surface area contributed by atoms with Crippen LogP contribution >= 0.6 is 15.9 Å². The van der Waals surface area contributed by atoms with Crippen molar-refractivity contribution >= 4 is 21.8 Å². The SMILES string of the molecule is O=C(NC1CCOc2cccnc21)c1ccc(Br)o1. The van der Waals surface area contributed by atoms with Crippen LogP contribution in [0.1, 0.15) is 28.7 Å². The smallest absolute Gasteiger partial charge is 0.287 e. The molecule has 1 atom stereocenters. The summed E-state index contributed by atoms with van der Waals surface area (Å²) in [6.07, 6.45) is 2.38. The highest BCUT2D eigenvalue weighted by Gasteiger charge is 2.25. The first-order chi connectivity index (χ1) is 9.24. The van der Waals surface area contributed by atoms with Crippen LogP contribution in [-0.2, 0) is 0 Å². The molecule has 0 saturated heterocycles. The number of amides is 1. The summed E-state index contributed by atoms with van der Waals surface area (Å²) >= 11 is 3.17. The zero-order valence-electron chi connectivity index (χ0n) is 9.93. The van der Waals surface area contributed by atoms with Crippen molar-refractivity contribution in [1.29, 1.82) is 0 Å². The van der Waals surface area contributed by atoms with E-state index in [2.05, 4.69) is 26.2 Å². The monoisotopic (exact) mass is 322 g/mol. The van der Waals surface area contributed by atoms with Gasteiger partial charge in [0.25, 0.3) is 5.91 Å². The van der Waals surface area contributed by atoms with E-state index in [0.29, 0.717) is 17.7 Å². The van der Waals surface area contributed by atoms with Gasteiger partial charge in [0.05, 0.1) is 12.6 Å². The first-order valence-corrected chi connectivity index (χ1v) is 6.67. The molecule has 5 nitrogen and oxygen atoms in total. The molecule has 0 bridgehead atoms. The Morgan fingerprint density at radius 3 is 3.11 bits per heavy atom. The number of fused-ring (bicyclic) bond motifs is 1. The molecule has 2 aromatic heterocycles. The number of hydrogen-bond donors (Lipinski definition) is 1. The average molecular weight is 323 g/mol. The lowest BCUT2D eigenvalue weighted by Gasteiger charge is -2.25. The molecule has 1 N–H and O–H groups in total. The van der Waals surface area contributed by atoms with E-state index >= 15 is 0 Å². The lowest BCUT2D eigenvalue weighted by Crippen LogP contribution is -2.32. The number of carbonyl (C=O) groups is 1. The summed E-state index contributed by atoms with van der Waals surface area (Å²) in [6.45, 7) is 0.561. The van der Waals surface area contributed by atoms with Gasteiger partial charge >= 0.3 is 0 Å². The number of aromatic nitrogens is 1. The molecule has 19 heavy (non-hydrogen) atoms. The van der Waals surface area contributed by atoms with Gasteiger partial charge in [-0.2, -0.15) is 0 Å². The molecule has 1 aliphatic rings. The number of rotatable bonds is 2. The van der Waals surface area contributed by atoms with E-state index in [1.807, 2.05) is 12.1 Å². The van der Waals surface area contributed by atoms with Gasteiger partial charge in [-0.05, 0) is 40.2 Å². The highest BCUT2D eigenvalue weighted by atomic mass is 79.9. The Morgan fingerprint density at radius 2 is 2.32 bits per heavy atom. The Bertz CT molecular complexity index is 611. The normalized spacial score (nSPS) is 17.4. The average Bonchev–Trinajstić information content (AvgIpc) is 2.86. The van der Waals surface area contributed by atoms with Crippen LogP contribution < -0.4 is 10.1 Å². The van der Waals surface area contributed by atoms with Crippen molar-refractivity contribution < 1.29 is 13.9 Å². The molecule has 0 aromatic carbocycles. The summed E-state index contributed by atoms with van der Waals surface area (Å²) < 4.78 is 11.3. The molecule has 0 fully saturated rings. The van der Waals surface area contributed by atoms with Crippen LogP contribution in [0.25, 0.3) is 0 Å². The molecule has 0 saturated carbocycles. The van der Waals surface area contributed by atoms with Crippen molar-refractivity contribution in [2.75, 3.05) is 6.61 Å². The Morgan fingerprint density at radius 1 is 1.42 bits per heavy atom. The van der Waals surface area contributed by atoms with Gasteiger partial charge in [0, 0.05) is 12.6 Å². The molecule has 0 spiro atoms. The van der Waals surface area contributed by atoms with E-state index in [9.17, 15) is 4.79 Å². The summed E-state index contributed by atoms with van der Waals surface area (Å²) in [5.41, 5.74) is 0.757. The van der Waals surface area contributed by atoms with Crippen molar-refractivity contribution in [2.45, 2.75) is 12.5 Å². The van der Waals surface area contributed by atoms with Gasteiger partial charge in [-0.15, -0.1) is 0 Å². The zero-order valence-corrected chi connectivity index (χ0v) is 11.5. The zero-order chi connectivity index (χ0) is 13.2. The number of pyridine rings is 1. The third-order valence-corrected chi connectivity index (χ3v) is 3.32. The minimum Gasteiger partial charge on any atom is -0.491 e. The molecule has 98 valence electrons. The molecule has 3 heterocycles. The molecule has 6 heteroatoms. The third kappa shape index (κ3) is 2.49. The maximum Gasteiger partial charge on any atom is 0.287 e. The third-order valence-electron chi connectivity index (χ3n) is 2.90. The topological polar surface area (TPSA) is 64.4 Å². The number of nitrogens with one attached hydrogen (secondary N) is 1. The van der Waals surface area contributed by atoms with Gasteiger partial charge in [0.2, 0.25) is 0 Å². The summed E-state index contributed by atoms with van der Waals surface area (Å²) in [6, 6.07) is 6.82.